The summed E-state index contributed by atoms with van der Waals surface area (Å²) in [5, 5.41) is 3.47. The summed E-state index contributed by atoms with van der Waals surface area (Å²) in [5.41, 5.74) is 0.294. The molecule has 2 nitrogen and oxygen atoms in total. The van der Waals surface area contributed by atoms with Gasteiger partial charge in [0, 0.05) is 10.0 Å². The number of hydrogen-bond donors (Lipinski definition) is 1. The van der Waals surface area contributed by atoms with Crippen LogP contribution in [0.1, 0.15) is 44.0 Å². The van der Waals surface area contributed by atoms with Crippen molar-refractivity contribution in [1.29, 1.82) is 0 Å². The van der Waals surface area contributed by atoms with Gasteiger partial charge in [0.1, 0.15) is 0 Å². The maximum atomic E-state index is 12.1. The maximum absolute atomic E-state index is 12.1. The van der Waals surface area contributed by atoms with Crippen LogP contribution in [0.4, 0.5) is 0 Å². The van der Waals surface area contributed by atoms with Crippen molar-refractivity contribution in [3.8, 4) is 0 Å². The predicted molar refractivity (Wildman–Crippen MR) is 75.6 cm³/mol. The minimum Gasteiger partial charge on any atom is -0.347 e. The van der Waals surface area contributed by atoms with Gasteiger partial charge in [0.05, 0.1) is 10.6 Å². The van der Waals surface area contributed by atoms with Crippen LogP contribution in [-0.4, -0.2) is 11.4 Å². The first-order valence-corrected chi connectivity index (χ1v) is 6.80. The highest BCUT2D eigenvalue weighted by molar-refractivity contribution is 9.10. The number of hydrogen-bond acceptors (Lipinski definition) is 1. The quantitative estimate of drug-likeness (QED) is 0.875. The SMILES string of the molecule is CCCC(C)(C)NC(=O)c1cc(Br)ccc1Cl. The van der Waals surface area contributed by atoms with Gasteiger partial charge in [-0.15, -0.1) is 0 Å². The smallest absolute Gasteiger partial charge is 0.253 e. The van der Waals surface area contributed by atoms with Gasteiger partial charge in [-0.3, -0.25) is 4.79 Å². The van der Waals surface area contributed by atoms with Crippen molar-refractivity contribution in [2.24, 2.45) is 0 Å². The second kappa shape index (κ2) is 5.87. The van der Waals surface area contributed by atoms with Gasteiger partial charge in [0.15, 0.2) is 0 Å². The Morgan fingerprint density at radius 1 is 1.47 bits per heavy atom. The van der Waals surface area contributed by atoms with E-state index in [4.69, 9.17) is 11.6 Å². The third kappa shape index (κ3) is 4.32. The van der Waals surface area contributed by atoms with E-state index >= 15 is 0 Å². The van der Waals surface area contributed by atoms with E-state index in [0.717, 1.165) is 17.3 Å². The standard InChI is InChI=1S/C13H17BrClNO/c1-4-7-13(2,3)16-12(17)10-8-9(14)5-6-11(10)15/h5-6,8H,4,7H2,1-3H3,(H,16,17). The molecule has 0 saturated carbocycles. The van der Waals surface area contributed by atoms with Crippen LogP contribution in [0.25, 0.3) is 0 Å². The molecule has 1 rings (SSSR count). The lowest BCUT2D eigenvalue weighted by atomic mass is 9.98. The Morgan fingerprint density at radius 3 is 2.71 bits per heavy atom. The van der Waals surface area contributed by atoms with E-state index in [2.05, 4.69) is 28.2 Å². The average molecular weight is 319 g/mol. The van der Waals surface area contributed by atoms with Crippen molar-refractivity contribution in [2.75, 3.05) is 0 Å². The van der Waals surface area contributed by atoms with Crippen LogP contribution in [0.15, 0.2) is 22.7 Å². The number of carbonyl (C=O) groups is 1. The fourth-order valence-electron chi connectivity index (χ4n) is 1.73. The molecule has 0 atom stereocenters. The lowest BCUT2D eigenvalue weighted by Crippen LogP contribution is -2.43. The molecular formula is C13H17BrClNO. The molecule has 4 heteroatoms. The van der Waals surface area contributed by atoms with Crippen LogP contribution < -0.4 is 5.32 Å². The van der Waals surface area contributed by atoms with Gasteiger partial charge < -0.3 is 5.32 Å². The Bertz CT molecular complexity index is 418. The van der Waals surface area contributed by atoms with Crippen molar-refractivity contribution in [3.05, 3.63) is 33.3 Å². The number of halogens is 2. The second-order valence-electron chi connectivity index (χ2n) is 4.71. The molecule has 0 radical (unpaired) electrons. The molecule has 0 fully saturated rings. The fourth-order valence-corrected chi connectivity index (χ4v) is 2.30. The summed E-state index contributed by atoms with van der Waals surface area (Å²) in [4.78, 5) is 12.1. The molecule has 0 heterocycles. The van der Waals surface area contributed by atoms with E-state index in [9.17, 15) is 4.79 Å². The first-order valence-electron chi connectivity index (χ1n) is 5.63. The molecule has 0 spiro atoms. The molecule has 0 aliphatic carbocycles. The van der Waals surface area contributed by atoms with Crippen LogP contribution in [0.3, 0.4) is 0 Å². The van der Waals surface area contributed by atoms with E-state index in [-0.39, 0.29) is 11.4 Å². The summed E-state index contributed by atoms with van der Waals surface area (Å²) < 4.78 is 0.848. The van der Waals surface area contributed by atoms with Crippen molar-refractivity contribution in [1.82, 2.24) is 5.32 Å². The summed E-state index contributed by atoms with van der Waals surface area (Å²) in [6, 6.07) is 5.27. The lowest BCUT2D eigenvalue weighted by Gasteiger charge is -2.26. The molecule has 1 amide bonds. The summed E-state index contributed by atoms with van der Waals surface area (Å²) >= 11 is 9.35. The van der Waals surface area contributed by atoms with Gasteiger partial charge in [-0.1, -0.05) is 40.9 Å². The van der Waals surface area contributed by atoms with Crippen molar-refractivity contribution < 1.29 is 4.79 Å². The first kappa shape index (κ1) is 14.5. The molecule has 17 heavy (non-hydrogen) atoms. The van der Waals surface area contributed by atoms with E-state index in [0.29, 0.717) is 10.6 Å². The zero-order chi connectivity index (χ0) is 13.1. The summed E-state index contributed by atoms with van der Waals surface area (Å²) in [6.07, 6.45) is 1.96. The molecular weight excluding hydrogens is 302 g/mol. The Labute approximate surface area is 116 Å². The Hall–Kier alpha value is -0.540. The summed E-state index contributed by atoms with van der Waals surface area (Å²) in [7, 11) is 0. The molecule has 0 saturated heterocycles. The Balaban J connectivity index is 2.86. The number of carbonyl (C=O) groups excluding carboxylic acids is 1. The third-order valence-corrected chi connectivity index (χ3v) is 3.32. The third-order valence-electron chi connectivity index (χ3n) is 2.50. The molecule has 0 aliphatic rings. The molecule has 0 bridgehead atoms. The predicted octanol–water partition coefficient (Wildman–Crippen LogP) is 4.41. The first-order chi connectivity index (χ1) is 7.85. The van der Waals surface area contributed by atoms with E-state index in [1.807, 2.05) is 19.9 Å². The number of nitrogens with one attached hydrogen (secondary N) is 1. The fraction of sp³-hybridized carbons (Fsp3) is 0.462. The van der Waals surface area contributed by atoms with Crippen molar-refractivity contribution >= 4 is 33.4 Å². The molecule has 94 valence electrons. The number of amides is 1. The Morgan fingerprint density at radius 2 is 2.12 bits per heavy atom. The summed E-state index contributed by atoms with van der Waals surface area (Å²) in [5.74, 6) is -0.130. The highest BCUT2D eigenvalue weighted by atomic mass is 79.9. The van der Waals surface area contributed by atoms with Crippen LogP contribution in [-0.2, 0) is 0 Å². The topological polar surface area (TPSA) is 29.1 Å². The van der Waals surface area contributed by atoms with E-state index < -0.39 is 0 Å². The highest BCUT2D eigenvalue weighted by Gasteiger charge is 2.21. The molecule has 0 aromatic heterocycles. The van der Waals surface area contributed by atoms with Crippen LogP contribution in [0.2, 0.25) is 5.02 Å². The van der Waals surface area contributed by atoms with Crippen LogP contribution in [0, 0.1) is 0 Å². The van der Waals surface area contributed by atoms with Gasteiger partial charge in [0.25, 0.3) is 5.91 Å². The van der Waals surface area contributed by atoms with Crippen LogP contribution in [0.5, 0.6) is 0 Å². The zero-order valence-corrected chi connectivity index (χ0v) is 12.7. The van der Waals surface area contributed by atoms with Gasteiger partial charge in [-0.25, -0.2) is 0 Å². The average Bonchev–Trinajstić information content (AvgIpc) is 2.20. The van der Waals surface area contributed by atoms with Crippen LogP contribution >= 0.6 is 27.5 Å². The largest absolute Gasteiger partial charge is 0.347 e. The van der Waals surface area contributed by atoms with Gasteiger partial charge in [-0.05, 0) is 38.5 Å². The normalized spacial score (nSPS) is 11.4. The highest BCUT2D eigenvalue weighted by Crippen LogP contribution is 2.22. The van der Waals surface area contributed by atoms with E-state index in [1.54, 1.807) is 12.1 Å². The minimum atomic E-state index is -0.211. The van der Waals surface area contributed by atoms with Gasteiger partial charge in [-0.2, -0.15) is 0 Å². The maximum Gasteiger partial charge on any atom is 0.253 e. The molecule has 1 N–H and O–H groups in total. The summed E-state index contributed by atoms with van der Waals surface area (Å²) in [6.45, 7) is 6.13. The monoisotopic (exact) mass is 317 g/mol. The van der Waals surface area contributed by atoms with Gasteiger partial charge in [0.2, 0.25) is 0 Å². The molecule has 0 unspecified atom stereocenters. The number of rotatable bonds is 4. The second-order valence-corrected chi connectivity index (χ2v) is 6.04. The number of benzene rings is 1. The lowest BCUT2D eigenvalue weighted by molar-refractivity contribution is 0.0909. The zero-order valence-electron chi connectivity index (χ0n) is 10.3. The molecule has 1 aromatic rings. The molecule has 1 aromatic carbocycles. The van der Waals surface area contributed by atoms with Gasteiger partial charge >= 0.3 is 0 Å². The Kier molecular flexibility index (Phi) is 5.02. The minimum absolute atomic E-state index is 0.130. The molecule has 0 aliphatic heterocycles. The van der Waals surface area contributed by atoms with E-state index in [1.165, 1.54) is 0 Å². The van der Waals surface area contributed by atoms with Crippen molar-refractivity contribution in [2.45, 2.75) is 39.2 Å². The van der Waals surface area contributed by atoms with Crippen molar-refractivity contribution in [3.63, 3.8) is 0 Å².